The average molecular weight is 530 g/mol. The molecule has 0 radical (unpaired) electrons. The monoisotopic (exact) mass is 528 g/mol. The topological polar surface area (TPSA) is 68.2 Å². The first-order chi connectivity index (χ1) is 16.0. The van der Waals surface area contributed by atoms with E-state index >= 15 is 0 Å². The summed E-state index contributed by atoms with van der Waals surface area (Å²) in [5, 5.41) is 5.95. The zero-order valence-corrected chi connectivity index (χ0v) is 20.3. The second kappa shape index (κ2) is 8.95. The Hall–Kier alpha value is -2.64. The van der Waals surface area contributed by atoms with Crippen LogP contribution in [-0.4, -0.2) is 30.1 Å². The second-order valence-corrected chi connectivity index (χ2v) is 9.75. The molecule has 0 aromatic heterocycles. The number of amides is 2. The maximum atomic E-state index is 12.9. The van der Waals surface area contributed by atoms with Crippen LogP contribution in [0.25, 0.3) is 0 Å². The number of hydrogen-bond donors (Lipinski definition) is 0. The van der Waals surface area contributed by atoms with E-state index in [4.69, 9.17) is 21.1 Å². The van der Waals surface area contributed by atoms with E-state index in [9.17, 15) is 9.59 Å². The van der Waals surface area contributed by atoms with E-state index in [1.807, 2.05) is 24.3 Å². The van der Waals surface area contributed by atoms with Crippen molar-refractivity contribution in [3.05, 3.63) is 69.2 Å². The molecule has 2 amide bonds. The lowest BCUT2D eigenvalue weighted by Gasteiger charge is -2.37. The summed E-state index contributed by atoms with van der Waals surface area (Å²) >= 11 is 9.75. The molecule has 33 heavy (non-hydrogen) atoms. The van der Waals surface area contributed by atoms with Gasteiger partial charge in [0.2, 0.25) is 0 Å². The van der Waals surface area contributed by atoms with Gasteiger partial charge >= 0.3 is 0 Å². The van der Waals surface area contributed by atoms with Crippen LogP contribution in [-0.2, 0) is 16.2 Å². The predicted molar refractivity (Wildman–Crippen MR) is 128 cm³/mol. The Morgan fingerprint density at radius 1 is 1.12 bits per heavy atom. The Morgan fingerprint density at radius 2 is 1.79 bits per heavy atom. The quantitative estimate of drug-likeness (QED) is 0.292. The van der Waals surface area contributed by atoms with Crippen LogP contribution in [0.5, 0.6) is 11.5 Å². The summed E-state index contributed by atoms with van der Waals surface area (Å²) in [6, 6.07) is 11.0. The largest absolute Gasteiger partial charge is 0.493 e. The zero-order chi connectivity index (χ0) is 23.1. The third-order valence-electron chi connectivity index (χ3n) is 6.64. The Labute approximate surface area is 205 Å². The normalized spacial score (nSPS) is 25.7. The summed E-state index contributed by atoms with van der Waals surface area (Å²) in [6.07, 6.45) is 7.61. The van der Waals surface area contributed by atoms with Gasteiger partial charge in [-0.15, -0.1) is 0 Å². The number of allylic oxidation sites excluding steroid dienone is 2. The molecular formula is C25H22BrClN2O4. The van der Waals surface area contributed by atoms with Crippen LogP contribution >= 0.6 is 27.5 Å². The highest BCUT2D eigenvalue weighted by Crippen LogP contribution is 2.49. The number of ether oxygens (including phenoxy) is 2. The van der Waals surface area contributed by atoms with E-state index in [-0.39, 0.29) is 42.1 Å². The average Bonchev–Trinajstić information content (AvgIpc) is 3.10. The lowest BCUT2D eigenvalue weighted by molar-refractivity contribution is -0.140. The molecule has 2 fully saturated rings. The van der Waals surface area contributed by atoms with Crippen molar-refractivity contribution in [3.8, 4) is 11.5 Å². The number of fused-ring (bicyclic) bond motifs is 1. The Kier molecular flexibility index (Phi) is 6.01. The summed E-state index contributed by atoms with van der Waals surface area (Å²) in [7, 11) is 1.55. The standard InChI is InChI=1S/C25H22BrClN2O4/c1-32-20-11-14(10-18(26)23(20)33-13-17-4-2-3-5-19(17)27)12-28-29-24(30)21-15-6-7-16(9-8-15)22(21)25(29)31/h2-7,10-12,15-16,21-22H,8-9,13H2,1H3/b28-12-/t15-,16-,21-,22+/m1/s1. The molecule has 4 aliphatic rings. The van der Waals surface area contributed by atoms with Gasteiger partial charge in [0.05, 0.1) is 29.6 Å². The van der Waals surface area contributed by atoms with Gasteiger partial charge in [0.1, 0.15) is 6.61 Å². The van der Waals surface area contributed by atoms with Crippen LogP contribution in [0.4, 0.5) is 0 Å². The first-order valence-electron chi connectivity index (χ1n) is 10.8. The van der Waals surface area contributed by atoms with E-state index in [2.05, 4.69) is 33.2 Å². The number of hydrazone groups is 1. The molecule has 4 atom stereocenters. The van der Waals surface area contributed by atoms with Gasteiger partial charge in [0.15, 0.2) is 11.5 Å². The van der Waals surface area contributed by atoms with Gasteiger partial charge in [-0.3, -0.25) is 9.59 Å². The number of hydrogen-bond acceptors (Lipinski definition) is 5. The second-order valence-electron chi connectivity index (χ2n) is 8.49. The summed E-state index contributed by atoms with van der Waals surface area (Å²) < 4.78 is 12.1. The molecule has 6 rings (SSSR count). The van der Waals surface area contributed by atoms with E-state index < -0.39 is 0 Å². The van der Waals surface area contributed by atoms with Crippen molar-refractivity contribution in [1.82, 2.24) is 5.01 Å². The zero-order valence-electron chi connectivity index (χ0n) is 17.9. The van der Waals surface area contributed by atoms with Crippen molar-refractivity contribution in [1.29, 1.82) is 0 Å². The van der Waals surface area contributed by atoms with Gasteiger partial charge in [0.25, 0.3) is 11.8 Å². The number of rotatable bonds is 6. The van der Waals surface area contributed by atoms with Crippen molar-refractivity contribution < 1.29 is 19.1 Å². The van der Waals surface area contributed by atoms with Crippen molar-refractivity contribution in [3.63, 3.8) is 0 Å². The molecule has 1 saturated carbocycles. The minimum Gasteiger partial charge on any atom is -0.493 e. The summed E-state index contributed by atoms with van der Waals surface area (Å²) in [5.74, 6) is 0.336. The molecule has 2 bridgehead atoms. The molecule has 6 nitrogen and oxygen atoms in total. The number of imide groups is 1. The van der Waals surface area contributed by atoms with Gasteiger partial charge in [-0.25, -0.2) is 0 Å². The maximum absolute atomic E-state index is 12.9. The third-order valence-corrected chi connectivity index (χ3v) is 7.60. The van der Waals surface area contributed by atoms with Crippen molar-refractivity contribution in [2.24, 2.45) is 28.8 Å². The Bertz CT molecular complexity index is 1150. The third kappa shape index (κ3) is 3.97. The SMILES string of the molecule is COc1cc(/C=N\N2C(=O)[C@@H]3[C@H](C2=O)[C@@H]2C=C[C@@H]3CC2)cc(Br)c1OCc1ccccc1Cl. The summed E-state index contributed by atoms with van der Waals surface area (Å²) in [4.78, 5) is 25.9. The fourth-order valence-corrected chi connectivity index (χ4v) is 5.78. The molecule has 2 aromatic carbocycles. The Balaban J connectivity index is 1.35. The molecule has 8 heteroatoms. The number of halogens is 2. The highest BCUT2D eigenvalue weighted by Gasteiger charge is 2.56. The molecule has 1 aliphatic heterocycles. The van der Waals surface area contributed by atoms with Gasteiger partial charge in [-0.1, -0.05) is 42.0 Å². The van der Waals surface area contributed by atoms with Crippen LogP contribution in [0, 0.1) is 23.7 Å². The molecule has 3 aliphatic carbocycles. The van der Waals surface area contributed by atoms with E-state index in [0.717, 1.165) is 23.4 Å². The van der Waals surface area contributed by atoms with Crippen LogP contribution in [0.1, 0.15) is 24.0 Å². The number of carbonyl (C=O) groups is 2. The minimum absolute atomic E-state index is 0.139. The van der Waals surface area contributed by atoms with E-state index in [0.29, 0.717) is 26.6 Å². The lowest BCUT2D eigenvalue weighted by atomic mass is 9.63. The van der Waals surface area contributed by atoms with E-state index in [1.54, 1.807) is 19.2 Å². The van der Waals surface area contributed by atoms with Gasteiger partial charge < -0.3 is 9.47 Å². The van der Waals surface area contributed by atoms with Crippen molar-refractivity contribution >= 4 is 45.6 Å². The fourth-order valence-electron chi connectivity index (χ4n) is 5.02. The number of benzene rings is 2. The van der Waals surface area contributed by atoms with Gasteiger partial charge in [-0.05, 0) is 64.4 Å². The molecule has 2 aromatic rings. The number of carbonyl (C=O) groups excluding carboxylic acids is 2. The molecule has 0 unspecified atom stereocenters. The molecule has 170 valence electrons. The van der Waals surface area contributed by atoms with Crippen LogP contribution in [0.15, 0.2) is 58.1 Å². The van der Waals surface area contributed by atoms with Crippen LogP contribution in [0.2, 0.25) is 5.02 Å². The lowest BCUT2D eigenvalue weighted by Crippen LogP contribution is -2.38. The van der Waals surface area contributed by atoms with Crippen molar-refractivity contribution in [2.75, 3.05) is 7.11 Å². The molecule has 0 N–H and O–H groups in total. The highest BCUT2D eigenvalue weighted by atomic mass is 79.9. The number of nitrogens with zero attached hydrogens (tertiary/aromatic N) is 2. The van der Waals surface area contributed by atoms with Gasteiger partial charge in [-0.2, -0.15) is 10.1 Å². The maximum Gasteiger partial charge on any atom is 0.254 e. The molecule has 1 saturated heterocycles. The van der Waals surface area contributed by atoms with E-state index in [1.165, 1.54) is 6.21 Å². The number of methoxy groups -OCH3 is 1. The fraction of sp³-hybridized carbons (Fsp3) is 0.320. The predicted octanol–water partition coefficient (Wildman–Crippen LogP) is 5.22. The summed E-state index contributed by atoms with van der Waals surface area (Å²) in [6.45, 7) is 0.276. The van der Waals surface area contributed by atoms with Crippen molar-refractivity contribution in [2.45, 2.75) is 19.4 Å². The minimum atomic E-state index is -0.278. The smallest absolute Gasteiger partial charge is 0.254 e. The summed E-state index contributed by atoms with van der Waals surface area (Å²) in [5.41, 5.74) is 1.52. The first-order valence-corrected chi connectivity index (χ1v) is 12.0. The molecule has 0 spiro atoms. The first kappa shape index (κ1) is 22.2. The Morgan fingerprint density at radius 3 is 2.39 bits per heavy atom. The van der Waals surface area contributed by atoms with Crippen LogP contribution in [0.3, 0.4) is 0 Å². The van der Waals surface area contributed by atoms with Gasteiger partial charge in [0, 0.05) is 10.6 Å². The van der Waals surface area contributed by atoms with Crippen LogP contribution < -0.4 is 9.47 Å². The highest BCUT2D eigenvalue weighted by molar-refractivity contribution is 9.10. The molecule has 1 heterocycles. The molecular weight excluding hydrogens is 508 g/mol.